The van der Waals surface area contributed by atoms with Gasteiger partial charge >= 0.3 is 5.97 Å². The number of hydrogen-bond donors (Lipinski definition) is 1. The smallest absolute Gasteiger partial charge is 0.307 e. The second-order valence-electron chi connectivity index (χ2n) is 2.93. The first-order valence-corrected chi connectivity index (χ1v) is 4.61. The number of nitrogens with one attached hydrogen (secondary N) is 1. The highest BCUT2D eigenvalue weighted by atomic mass is 19.1. The SMILES string of the molecule is COC(=O)CCNC(=O)c1cccc(F)n1. The van der Waals surface area contributed by atoms with Crippen LogP contribution in [0, 0.1) is 5.95 Å². The third-order valence-corrected chi connectivity index (χ3v) is 1.79. The molecule has 6 heteroatoms. The van der Waals surface area contributed by atoms with E-state index in [1.807, 2.05) is 0 Å². The number of hydrogen-bond acceptors (Lipinski definition) is 4. The molecule has 0 atom stereocenters. The first-order valence-electron chi connectivity index (χ1n) is 4.61. The number of carbonyl (C=O) groups is 2. The molecular weight excluding hydrogens is 215 g/mol. The minimum absolute atomic E-state index is 0.0233. The lowest BCUT2D eigenvalue weighted by molar-refractivity contribution is -0.140. The van der Waals surface area contributed by atoms with Gasteiger partial charge in [0.2, 0.25) is 5.95 Å². The van der Waals surface area contributed by atoms with E-state index in [9.17, 15) is 14.0 Å². The lowest BCUT2D eigenvalue weighted by Crippen LogP contribution is -2.27. The van der Waals surface area contributed by atoms with Gasteiger partial charge in [0.05, 0.1) is 13.5 Å². The van der Waals surface area contributed by atoms with Gasteiger partial charge in [-0.1, -0.05) is 6.07 Å². The molecule has 0 aliphatic carbocycles. The van der Waals surface area contributed by atoms with Crippen LogP contribution in [-0.4, -0.2) is 30.5 Å². The molecule has 1 heterocycles. The van der Waals surface area contributed by atoms with Crippen LogP contribution in [0.4, 0.5) is 4.39 Å². The number of halogens is 1. The van der Waals surface area contributed by atoms with Gasteiger partial charge in [-0.3, -0.25) is 9.59 Å². The Morgan fingerprint density at radius 2 is 2.25 bits per heavy atom. The number of carbonyl (C=O) groups excluding carboxylic acids is 2. The van der Waals surface area contributed by atoms with Gasteiger partial charge in [0.25, 0.3) is 5.91 Å². The largest absolute Gasteiger partial charge is 0.469 e. The topological polar surface area (TPSA) is 68.3 Å². The van der Waals surface area contributed by atoms with E-state index in [-0.39, 0.29) is 18.7 Å². The summed E-state index contributed by atoms with van der Waals surface area (Å²) < 4.78 is 17.1. The van der Waals surface area contributed by atoms with Crippen molar-refractivity contribution < 1.29 is 18.7 Å². The van der Waals surface area contributed by atoms with Gasteiger partial charge in [-0.05, 0) is 12.1 Å². The molecule has 0 unspecified atom stereocenters. The zero-order valence-corrected chi connectivity index (χ0v) is 8.70. The van der Waals surface area contributed by atoms with Crippen LogP contribution < -0.4 is 5.32 Å². The molecule has 0 aromatic carbocycles. The first-order chi connectivity index (χ1) is 7.63. The van der Waals surface area contributed by atoms with Gasteiger partial charge in [-0.25, -0.2) is 4.98 Å². The molecule has 0 saturated heterocycles. The Morgan fingerprint density at radius 1 is 1.50 bits per heavy atom. The molecule has 5 nitrogen and oxygen atoms in total. The Hall–Kier alpha value is -1.98. The van der Waals surface area contributed by atoms with E-state index in [0.717, 1.165) is 6.07 Å². The van der Waals surface area contributed by atoms with Crippen molar-refractivity contribution in [2.75, 3.05) is 13.7 Å². The molecule has 1 rings (SSSR count). The Labute approximate surface area is 91.6 Å². The minimum Gasteiger partial charge on any atom is -0.469 e. The number of esters is 1. The van der Waals surface area contributed by atoms with Gasteiger partial charge in [-0.15, -0.1) is 0 Å². The minimum atomic E-state index is -0.722. The fourth-order valence-corrected chi connectivity index (χ4v) is 1.01. The lowest BCUT2D eigenvalue weighted by atomic mass is 10.3. The molecule has 1 N–H and O–H groups in total. The van der Waals surface area contributed by atoms with Crippen molar-refractivity contribution in [3.05, 3.63) is 29.8 Å². The number of rotatable bonds is 4. The van der Waals surface area contributed by atoms with E-state index in [4.69, 9.17) is 0 Å². The van der Waals surface area contributed by atoms with Crippen LogP contribution in [0.2, 0.25) is 0 Å². The summed E-state index contributed by atoms with van der Waals surface area (Å²) in [5.74, 6) is -1.67. The molecule has 0 bridgehead atoms. The second-order valence-corrected chi connectivity index (χ2v) is 2.93. The summed E-state index contributed by atoms with van der Waals surface area (Å²) >= 11 is 0. The molecule has 0 aliphatic heterocycles. The predicted molar refractivity (Wildman–Crippen MR) is 53.2 cm³/mol. The number of methoxy groups -OCH3 is 1. The van der Waals surface area contributed by atoms with Gasteiger partial charge in [0.15, 0.2) is 0 Å². The van der Waals surface area contributed by atoms with E-state index in [1.54, 1.807) is 0 Å². The van der Waals surface area contributed by atoms with Crippen LogP contribution in [0.1, 0.15) is 16.9 Å². The van der Waals surface area contributed by atoms with Crippen molar-refractivity contribution in [1.82, 2.24) is 10.3 Å². The number of aromatic nitrogens is 1. The summed E-state index contributed by atoms with van der Waals surface area (Å²) in [6, 6.07) is 3.92. The van der Waals surface area contributed by atoms with E-state index in [2.05, 4.69) is 15.0 Å². The number of ether oxygens (including phenoxy) is 1. The van der Waals surface area contributed by atoms with Gasteiger partial charge in [0, 0.05) is 6.54 Å². The summed E-state index contributed by atoms with van der Waals surface area (Å²) in [4.78, 5) is 25.5. The fraction of sp³-hybridized carbons (Fsp3) is 0.300. The molecule has 0 radical (unpaired) electrons. The van der Waals surface area contributed by atoms with Gasteiger partial charge < -0.3 is 10.1 Å². The predicted octanol–water partition coefficient (Wildman–Crippen LogP) is 0.514. The van der Waals surface area contributed by atoms with Crippen LogP contribution in [0.15, 0.2) is 18.2 Å². The van der Waals surface area contributed by atoms with E-state index in [0.29, 0.717) is 0 Å². The van der Waals surface area contributed by atoms with Crippen molar-refractivity contribution >= 4 is 11.9 Å². The maximum absolute atomic E-state index is 12.7. The van der Waals surface area contributed by atoms with E-state index < -0.39 is 17.8 Å². The number of pyridine rings is 1. The van der Waals surface area contributed by atoms with Crippen molar-refractivity contribution in [1.29, 1.82) is 0 Å². The average Bonchev–Trinajstić information content (AvgIpc) is 2.28. The molecule has 0 spiro atoms. The third kappa shape index (κ3) is 3.64. The third-order valence-electron chi connectivity index (χ3n) is 1.79. The van der Waals surface area contributed by atoms with Crippen LogP contribution in [0.25, 0.3) is 0 Å². The van der Waals surface area contributed by atoms with Gasteiger partial charge in [0.1, 0.15) is 5.69 Å². The molecular formula is C10H11FN2O3. The molecule has 1 amide bonds. The first kappa shape index (κ1) is 12.1. The highest BCUT2D eigenvalue weighted by molar-refractivity contribution is 5.92. The van der Waals surface area contributed by atoms with E-state index >= 15 is 0 Å². The summed E-state index contributed by atoms with van der Waals surface area (Å²) in [6.45, 7) is 0.129. The normalized spacial score (nSPS) is 9.62. The zero-order valence-electron chi connectivity index (χ0n) is 8.70. The van der Waals surface area contributed by atoms with Crippen molar-refractivity contribution in [2.45, 2.75) is 6.42 Å². The maximum Gasteiger partial charge on any atom is 0.307 e. The summed E-state index contributed by atoms with van der Waals surface area (Å²) in [5.41, 5.74) is -0.0233. The standard InChI is InChI=1S/C10H11FN2O3/c1-16-9(14)5-6-12-10(15)7-3-2-4-8(11)13-7/h2-4H,5-6H2,1H3,(H,12,15). The fourth-order valence-electron chi connectivity index (χ4n) is 1.01. The number of amides is 1. The van der Waals surface area contributed by atoms with Crippen molar-refractivity contribution in [2.24, 2.45) is 0 Å². The number of nitrogens with zero attached hydrogens (tertiary/aromatic N) is 1. The Bertz CT molecular complexity index is 395. The summed E-state index contributed by atoms with van der Waals surface area (Å²) in [7, 11) is 1.26. The molecule has 86 valence electrons. The van der Waals surface area contributed by atoms with Crippen LogP contribution in [-0.2, 0) is 9.53 Å². The average molecular weight is 226 g/mol. The van der Waals surface area contributed by atoms with Crippen molar-refractivity contribution in [3.63, 3.8) is 0 Å². The van der Waals surface area contributed by atoms with Crippen molar-refractivity contribution in [3.8, 4) is 0 Å². The second kappa shape index (κ2) is 5.79. The quantitative estimate of drug-likeness (QED) is 0.600. The Kier molecular flexibility index (Phi) is 4.38. The molecule has 0 saturated carbocycles. The van der Waals surface area contributed by atoms with E-state index in [1.165, 1.54) is 19.2 Å². The lowest BCUT2D eigenvalue weighted by Gasteiger charge is -2.03. The Balaban J connectivity index is 2.44. The molecule has 0 aliphatic rings. The maximum atomic E-state index is 12.7. The highest BCUT2D eigenvalue weighted by Crippen LogP contribution is 1.97. The monoisotopic (exact) mass is 226 g/mol. The molecule has 0 fully saturated rings. The van der Waals surface area contributed by atoms with Crippen LogP contribution in [0.5, 0.6) is 0 Å². The summed E-state index contributed by atoms with van der Waals surface area (Å²) in [6.07, 6.45) is 0.0670. The van der Waals surface area contributed by atoms with Crippen LogP contribution >= 0.6 is 0 Å². The highest BCUT2D eigenvalue weighted by Gasteiger charge is 2.08. The molecule has 16 heavy (non-hydrogen) atoms. The molecule has 1 aromatic heterocycles. The Morgan fingerprint density at radius 3 is 2.88 bits per heavy atom. The molecule has 1 aromatic rings. The van der Waals surface area contributed by atoms with Gasteiger partial charge in [-0.2, -0.15) is 4.39 Å². The van der Waals surface area contributed by atoms with Crippen LogP contribution in [0.3, 0.4) is 0 Å². The summed E-state index contributed by atoms with van der Waals surface area (Å²) in [5, 5.41) is 2.42. The zero-order chi connectivity index (χ0) is 12.0.